The first-order valence-corrected chi connectivity index (χ1v) is 7.56. The first kappa shape index (κ1) is 19.2. The number of carbonyl (C=O) groups excluding carboxylic acids is 2. The molecular formula is C18H18N2O6. The van der Waals surface area contributed by atoms with Crippen LogP contribution in [0.25, 0.3) is 0 Å². The zero-order valence-corrected chi connectivity index (χ0v) is 14.2. The molecule has 1 aromatic carbocycles. The summed E-state index contributed by atoms with van der Waals surface area (Å²) in [6.07, 6.45) is 5.48. The third-order valence-corrected chi connectivity index (χ3v) is 3.70. The van der Waals surface area contributed by atoms with Crippen LogP contribution in [0.4, 0.5) is 0 Å². The summed E-state index contributed by atoms with van der Waals surface area (Å²) in [4.78, 5) is 21.8. The maximum Gasteiger partial charge on any atom is 0.153 e. The first-order chi connectivity index (χ1) is 12.5. The van der Waals surface area contributed by atoms with Crippen molar-refractivity contribution in [2.75, 3.05) is 14.2 Å². The largest absolute Gasteiger partial charge is 0.506 e. The van der Waals surface area contributed by atoms with Crippen molar-refractivity contribution in [1.82, 2.24) is 0 Å². The molecule has 0 amide bonds. The van der Waals surface area contributed by atoms with Crippen LogP contribution in [0.1, 0.15) is 26.3 Å². The van der Waals surface area contributed by atoms with E-state index in [2.05, 4.69) is 10.2 Å². The molecule has 0 radical (unpaired) electrons. The number of ether oxygens (including phenoxy) is 2. The number of allylic oxidation sites excluding steroid dienone is 2. The van der Waals surface area contributed by atoms with Gasteiger partial charge in [0, 0.05) is 7.11 Å². The number of phenolic OH excluding ortho intramolecular Hbond substituents is 1. The lowest BCUT2D eigenvalue weighted by molar-refractivity contribution is 0.00702. The van der Waals surface area contributed by atoms with E-state index < -0.39 is 12.2 Å². The van der Waals surface area contributed by atoms with Crippen molar-refractivity contribution in [2.45, 2.75) is 12.2 Å². The number of aldehydes is 2. The Balaban J connectivity index is 2.19. The highest BCUT2D eigenvalue weighted by Gasteiger charge is 2.25. The molecule has 1 aromatic rings. The number of nitrogens with zero attached hydrogens (tertiary/aromatic N) is 2. The minimum Gasteiger partial charge on any atom is -0.506 e. The van der Waals surface area contributed by atoms with E-state index >= 15 is 0 Å². The fourth-order valence-corrected chi connectivity index (χ4v) is 2.36. The molecule has 136 valence electrons. The summed E-state index contributed by atoms with van der Waals surface area (Å²) < 4.78 is 10.3. The van der Waals surface area contributed by atoms with Crippen molar-refractivity contribution in [1.29, 1.82) is 0 Å². The van der Waals surface area contributed by atoms with E-state index in [0.29, 0.717) is 29.5 Å². The van der Waals surface area contributed by atoms with Crippen molar-refractivity contribution >= 4 is 25.0 Å². The van der Waals surface area contributed by atoms with Gasteiger partial charge >= 0.3 is 0 Å². The molecule has 8 nitrogen and oxygen atoms in total. The fraction of sp³-hybridized carbons (Fsp3) is 0.222. The third-order valence-electron chi connectivity index (χ3n) is 3.70. The Bertz CT molecular complexity index is 781. The molecule has 0 fully saturated rings. The number of phenols is 1. The zero-order chi connectivity index (χ0) is 19.1. The number of aromatic hydroxyl groups is 1. The van der Waals surface area contributed by atoms with Gasteiger partial charge in [-0.05, 0) is 35.4 Å². The van der Waals surface area contributed by atoms with Crippen molar-refractivity contribution in [3.8, 4) is 5.75 Å². The SMILES string of the molecule is COC1=CC(C=NN=Cc2cc(C=O)c(O)c(C=O)c2)=CC(OC)[C@H]1O. The Labute approximate surface area is 149 Å². The Hall–Kier alpha value is -3.10. The number of aliphatic hydroxyl groups excluding tert-OH is 1. The highest BCUT2D eigenvalue weighted by atomic mass is 16.5. The molecule has 1 aliphatic rings. The van der Waals surface area contributed by atoms with Crippen LogP contribution in [0.3, 0.4) is 0 Å². The van der Waals surface area contributed by atoms with E-state index in [-0.39, 0.29) is 16.9 Å². The predicted octanol–water partition coefficient (Wildman–Crippen LogP) is 1.27. The molecule has 0 aromatic heterocycles. The molecule has 0 heterocycles. The number of rotatable bonds is 7. The first-order valence-electron chi connectivity index (χ1n) is 7.56. The summed E-state index contributed by atoms with van der Waals surface area (Å²) in [6, 6.07) is 2.77. The molecule has 0 bridgehead atoms. The van der Waals surface area contributed by atoms with E-state index in [4.69, 9.17) is 9.47 Å². The molecule has 0 saturated heterocycles. The van der Waals surface area contributed by atoms with Gasteiger partial charge in [0.25, 0.3) is 0 Å². The maximum atomic E-state index is 10.9. The average Bonchev–Trinajstić information content (AvgIpc) is 2.66. The topological polar surface area (TPSA) is 118 Å². The molecule has 0 spiro atoms. The normalized spacial score (nSPS) is 20.1. The van der Waals surface area contributed by atoms with E-state index in [1.165, 1.54) is 38.8 Å². The second-order valence-electron chi connectivity index (χ2n) is 5.34. The second kappa shape index (κ2) is 8.84. The lowest BCUT2D eigenvalue weighted by Gasteiger charge is -2.24. The standard InChI is InChI=1S/C18H18N2O6/c1-25-15-5-12(6-16(26-2)18(15)24)8-20-19-7-11-3-13(9-21)17(23)14(4-11)10-22/h3-10,15,18,23-24H,1-2H3/t15?,18-/m1/s1. The van der Waals surface area contributed by atoms with Crippen LogP contribution in [0.2, 0.25) is 0 Å². The maximum absolute atomic E-state index is 10.9. The van der Waals surface area contributed by atoms with Crippen LogP contribution < -0.4 is 0 Å². The summed E-state index contributed by atoms with van der Waals surface area (Å²) in [5.41, 5.74) is 1.03. The number of hydrogen-bond donors (Lipinski definition) is 2. The van der Waals surface area contributed by atoms with Gasteiger partial charge in [0.15, 0.2) is 12.6 Å². The number of aliphatic hydroxyl groups is 1. The van der Waals surface area contributed by atoms with E-state index in [1.807, 2.05) is 0 Å². The van der Waals surface area contributed by atoms with Gasteiger partial charge in [-0.3, -0.25) is 9.59 Å². The molecule has 0 aliphatic heterocycles. The Kier molecular flexibility index (Phi) is 6.54. The van der Waals surface area contributed by atoms with Crippen LogP contribution in [0, 0.1) is 0 Å². The lowest BCUT2D eigenvalue weighted by atomic mass is 10.0. The van der Waals surface area contributed by atoms with Crippen molar-refractivity contribution in [2.24, 2.45) is 10.2 Å². The van der Waals surface area contributed by atoms with E-state index in [1.54, 1.807) is 12.2 Å². The van der Waals surface area contributed by atoms with Crippen LogP contribution in [-0.4, -0.2) is 61.6 Å². The van der Waals surface area contributed by atoms with Gasteiger partial charge in [0.05, 0.1) is 30.7 Å². The highest BCUT2D eigenvalue weighted by Crippen LogP contribution is 2.22. The van der Waals surface area contributed by atoms with Gasteiger partial charge < -0.3 is 19.7 Å². The Morgan fingerprint density at radius 2 is 1.69 bits per heavy atom. The minimum absolute atomic E-state index is 0.0142. The van der Waals surface area contributed by atoms with Gasteiger partial charge in [-0.1, -0.05) is 0 Å². The summed E-state index contributed by atoms with van der Waals surface area (Å²) in [5, 5.41) is 27.4. The van der Waals surface area contributed by atoms with Crippen LogP contribution in [0.15, 0.2) is 45.8 Å². The molecule has 0 saturated carbocycles. The Morgan fingerprint density at radius 3 is 2.23 bits per heavy atom. The fourth-order valence-electron chi connectivity index (χ4n) is 2.36. The molecule has 26 heavy (non-hydrogen) atoms. The molecule has 2 N–H and O–H groups in total. The molecule has 2 rings (SSSR count). The van der Waals surface area contributed by atoms with Crippen molar-refractivity contribution in [3.05, 3.63) is 52.3 Å². The molecule has 2 atom stereocenters. The number of methoxy groups -OCH3 is 2. The molecule has 8 heteroatoms. The number of benzene rings is 1. The third kappa shape index (κ3) is 4.29. The predicted molar refractivity (Wildman–Crippen MR) is 94.9 cm³/mol. The number of hydrogen-bond acceptors (Lipinski definition) is 8. The van der Waals surface area contributed by atoms with Gasteiger partial charge in [0.1, 0.15) is 23.7 Å². The Morgan fingerprint density at radius 1 is 1.08 bits per heavy atom. The van der Waals surface area contributed by atoms with E-state index in [9.17, 15) is 19.8 Å². The smallest absolute Gasteiger partial charge is 0.153 e. The summed E-state index contributed by atoms with van der Waals surface area (Å²) >= 11 is 0. The zero-order valence-electron chi connectivity index (χ0n) is 14.2. The monoisotopic (exact) mass is 358 g/mol. The van der Waals surface area contributed by atoms with E-state index in [0.717, 1.165) is 0 Å². The van der Waals surface area contributed by atoms with Gasteiger partial charge in [-0.2, -0.15) is 10.2 Å². The summed E-state index contributed by atoms with van der Waals surface area (Å²) in [7, 11) is 2.91. The van der Waals surface area contributed by atoms with Crippen molar-refractivity contribution < 1.29 is 29.3 Å². The van der Waals surface area contributed by atoms with Gasteiger partial charge in [-0.25, -0.2) is 0 Å². The van der Waals surface area contributed by atoms with Crippen LogP contribution >= 0.6 is 0 Å². The highest BCUT2D eigenvalue weighted by molar-refractivity contribution is 5.93. The quantitative estimate of drug-likeness (QED) is 0.430. The summed E-state index contributed by atoms with van der Waals surface area (Å²) in [5.74, 6) is -0.0287. The van der Waals surface area contributed by atoms with Gasteiger partial charge in [-0.15, -0.1) is 0 Å². The second-order valence-corrected chi connectivity index (χ2v) is 5.34. The van der Waals surface area contributed by atoms with Crippen LogP contribution in [0.5, 0.6) is 5.75 Å². The van der Waals surface area contributed by atoms with Crippen LogP contribution in [-0.2, 0) is 9.47 Å². The molecule has 1 aliphatic carbocycles. The molecular weight excluding hydrogens is 340 g/mol. The van der Waals surface area contributed by atoms with Gasteiger partial charge in [0.2, 0.25) is 0 Å². The minimum atomic E-state index is -0.897. The number of carbonyl (C=O) groups is 2. The average molecular weight is 358 g/mol. The van der Waals surface area contributed by atoms with Crippen molar-refractivity contribution in [3.63, 3.8) is 0 Å². The lowest BCUT2D eigenvalue weighted by Crippen LogP contribution is -2.31. The summed E-state index contributed by atoms with van der Waals surface area (Å²) in [6.45, 7) is 0. The molecule has 1 unspecified atom stereocenters.